The van der Waals surface area contributed by atoms with Crippen molar-refractivity contribution in [1.82, 2.24) is 5.32 Å². The fourth-order valence-corrected chi connectivity index (χ4v) is 2.38. The first kappa shape index (κ1) is 16.9. The highest BCUT2D eigenvalue weighted by Gasteiger charge is 2.16. The summed E-state index contributed by atoms with van der Waals surface area (Å²) < 4.78 is 31.4. The minimum atomic E-state index is -0.647. The SMILES string of the molecule is CCOCCCNC(=O)C(C)Sc1ccc(F)cc1F. The van der Waals surface area contributed by atoms with E-state index in [0.717, 1.165) is 24.2 Å². The summed E-state index contributed by atoms with van der Waals surface area (Å²) in [5, 5.41) is 2.31. The van der Waals surface area contributed by atoms with Crippen LogP contribution in [0.1, 0.15) is 20.3 Å². The van der Waals surface area contributed by atoms with Crippen molar-refractivity contribution in [3.63, 3.8) is 0 Å². The van der Waals surface area contributed by atoms with E-state index in [9.17, 15) is 13.6 Å². The Bertz CT molecular complexity index is 443. The number of thioether (sulfide) groups is 1. The molecule has 0 saturated heterocycles. The summed E-state index contributed by atoms with van der Waals surface area (Å²) in [7, 11) is 0. The van der Waals surface area contributed by atoms with Crippen LogP contribution in [0.4, 0.5) is 8.78 Å². The fourth-order valence-electron chi connectivity index (χ4n) is 1.49. The summed E-state index contributed by atoms with van der Waals surface area (Å²) in [4.78, 5) is 12.1. The second kappa shape index (κ2) is 8.92. The number of ether oxygens (including phenoxy) is 1. The summed E-state index contributed by atoms with van der Waals surface area (Å²) in [5.74, 6) is -1.44. The molecule has 1 aromatic rings. The summed E-state index contributed by atoms with van der Waals surface area (Å²) in [6, 6.07) is 3.33. The monoisotopic (exact) mass is 303 g/mol. The topological polar surface area (TPSA) is 38.3 Å². The van der Waals surface area contributed by atoms with Crippen molar-refractivity contribution in [3.8, 4) is 0 Å². The predicted octanol–water partition coefficient (Wildman–Crippen LogP) is 2.99. The summed E-state index contributed by atoms with van der Waals surface area (Å²) >= 11 is 1.07. The Balaban J connectivity index is 2.37. The van der Waals surface area contributed by atoms with Crippen molar-refractivity contribution in [1.29, 1.82) is 0 Å². The van der Waals surface area contributed by atoms with Crippen LogP contribution in [-0.2, 0) is 9.53 Å². The molecule has 0 heterocycles. The lowest BCUT2D eigenvalue weighted by molar-refractivity contribution is -0.120. The Morgan fingerprint density at radius 2 is 2.20 bits per heavy atom. The molecule has 3 nitrogen and oxygen atoms in total. The van der Waals surface area contributed by atoms with E-state index in [2.05, 4.69) is 5.32 Å². The molecule has 1 rings (SSSR count). The highest BCUT2D eigenvalue weighted by atomic mass is 32.2. The average molecular weight is 303 g/mol. The van der Waals surface area contributed by atoms with Gasteiger partial charge >= 0.3 is 0 Å². The zero-order chi connectivity index (χ0) is 15.0. The first-order valence-electron chi connectivity index (χ1n) is 6.51. The molecular formula is C14H19F2NO2S. The average Bonchev–Trinajstić information content (AvgIpc) is 2.41. The van der Waals surface area contributed by atoms with Crippen LogP contribution in [0.25, 0.3) is 0 Å². The van der Waals surface area contributed by atoms with Gasteiger partial charge in [0.25, 0.3) is 0 Å². The Morgan fingerprint density at radius 1 is 1.45 bits per heavy atom. The largest absolute Gasteiger partial charge is 0.382 e. The van der Waals surface area contributed by atoms with Gasteiger partial charge in [0.1, 0.15) is 11.6 Å². The quantitative estimate of drug-likeness (QED) is 0.593. The lowest BCUT2D eigenvalue weighted by Gasteiger charge is -2.12. The van der Waals surface area contributed by atoms with Crippen molar-refractivity contribution >= 4 is 17.7 Å². The van der Waals surface area contributed by atoms with Crippen LogP contribution in [0.15, 0.2) is 23.1 Å². The molecule has 1 amide bonds. The third kappa shape index (κ3) is 5.88. The van der Waals surface area contributed by atoms with E-state index in [1.807, 2.05) is 6.92 Å². The van der Waals surface area contributed by atoms with E-state index in [4.69, 9.17) is 4.74 Å². The van der Waals surface area contributed by atoms with E-state index in [1.54, 1.807) is 6.92 Å². The van der Waals surface area contributed by atoms with Gasteiger partial charge in [0.05, 0.1) is 5.25 Å². The van der Waals surface area contributed by atoms with Crippen LogP contribution in [0.3, 0.4) is 0 Å². The van der Waals surface area contributed by atoms with E-state index in [-0.39, 0.29) is 10.8 Å². The molecule has 0 aliphatic rings. The van der Waals surface area contributed by atoms with E-state index in [1.165, 1.54) is 12.1 Å². The highest BCUT2D eigenvalue weighted by molar-refractivity contribution is 8.00. The molecule has 1 atom stereocenters. The molecule has 1 N–H and O–H groups in total. The minimum absolute atomic E-state index is 0.171. The molecule has 0 radical (unpaired) electrons. The molecule has 0 spiro atoms. The lowest BCUT2D eigenvalue weighted by Crippen LogP contribution is -2.32. The molecular weight excluding hydrogens is 284 g/mol. The third-order valence-corrected chi connectivity index (χ3v) is 3.69. The van der Waals surface area contributed by atoms with Gasteiger partial charge in [-0.15, -0.1) is 11.8 Å². The van der Waals surface area contributed by atoms with Crippen LogP contribution in [0.5, 0.6) is 0 Å². The molecule has 1 unspecified atom stereocenters. The van der Waals surface area contributed by atoms with Gasteiger partial charge < -0.3 is 10.1 Å². The number of carbonyl (C=O) groups is 1. The Hall–Kier alpha value is -1.14. The first-order chi connectivity index (χ1) is 9.54. The van der Waals surface area contributed by atoms with Gasteiger partial charge in [-0.3, -0.25) is 4.79 Å². The molecule has 112 valence electrons. The maximum atomic E-state index is 13.5. The van der Waals surface area contributed by atoms with Gasteiger partial charge in [0.2, 0.25) is 5.91 Å². The van der Waals surface area contributed by atoms with E-state index in [0.29, 0.717) is 19.8 Å². The van der Waals surface area contributed by atoms with Gasteiger partial charge in [-0.2, -0.15) is 0 Å². The number of rotatable bonds is 8. The summed E-state index contributed by atoms with van der Waals surface area (Å²) in [5.41, 5.74) is 0. The first-order valence-corrected chi connectivity index (χ1v) is 7.39. The van der Waals surface area contributed by atoms with Gasteiger partial charge in [0.15, 0.2) is 0 Å². The molecule has 0 fully saturated rings. The number of carbonyl (C=O) groups excluding carboxylic acids is 1. The normalized spacial score (nSPS) is 12.2. The molecule has 0 bridgehead atoms. The number of hydrogen-bond acceptors (Lipinski definition) is 3. The smallest absolute Gasteiger partial charge is 0.233 e. The summed E-state index contributed by atoms with van der Waals surface area (Å²) in [6.45, 7) is 5.38. The fraction of sp³-hybridized carbons (Fsp3) is 0.500. The molecule has 20 heavy (non-hydrogen) atoms. The second-order valence-corrected chi connectivity index (χ2v) is 5.56. The third-order valence-electron chi connectivity index (χ3n) is 2.54. The van der Waals surface area contributed by atoms with Crippen molar-refractivity contribution in [3.05, 3.63) is 29.8 Å². The van der Waals surface area contributed by atoms with Crippen molar-refractivity contribution in [2.45, 2.75) is 30.4 Å². The number of halogens is 2. The lowest BCUT2D eigenvalue weighted by atomic mass is 10.3. The van der Waals surface area contributed by atoms with Crippen LogP contribution in [0, 0.1) is 11.6 Å². The maximum absolute atomic E-state index is 13.5. The highest BCUT2D eigenvalue weighted by Crippen LogP contribution is 2.26. The van der Waals surface area contributed by atoms with Crippen LogP contribution >= 0.6 is 11.8 Å². The van der Waals surface area contributed by atoms with Gasteiger partial charge in [-0.05, 0) is 32.4 Å². The Kier molecular flexibility index (Phi) is 7.54. The van der Waals surface area contributed by atoms with Crippen molar-refractivity contribution in [2.75, 3.05) is 19.8 Å². The van der Waals surface area contributed by atoms with Crippen LogP contribution < -0.4 is 5.32 Å². The minimum Gasteiger partial charge on any atom is -0.382 e. The molecule has 0 aliphatic carbocycles. The molecule has 0 aromatic heterocycles. The number of nitrogens with one attached hydrogen (secondary N) is 1. The van der Waals surface area contributed by atoms with Gasteiger partial charge in [0, 0.05) is 30.7 Å². The standard InChI is InChI=1S/C14H19F2NO2S/c1-3-19-8-4-7-17-14(18)10(2)20-13-6-5-11(15)9-12(13)16/h5-6,9-10H,3-4,7-8H2,1-2H3,(H,17,18). The van der Waals surface area contributed by atoms with Crippen molar-refractivity contribution < 1.29 is 18.3 Å². The van der Waals surface area contributed by atoms with E-state index < -0.39 is 16.9 Å². The molecule has 0 saturated carbocycles. The van der Waals surface area contributed by atoms with E-state index >= 15 is 0 Å². The van der Waals surface area contributed by atoms with Crippen LogP contribution in [-0.4, -0.2) is 30.9 Å². The molecule has 1 aromatic carbocycles. The number of benzene rings is 1. The van der Waals surface area contributed by atoms with Crippen LogP contribution in [0.2, 0.25) is 0 Å². The maximum Gasteiger partial charge on any atom is 0.233 e. The number of hydrogen-bond donors (Lipinski definition) is 1. The number of amides is 1. The Morgan fingerprint density at radius 3 is 2.85 bits per heavy atom. The molecule has 0 aliphatic heterocycles. The Labute approximate surface area is 122 Å². The summed E-state index contributed by atoms with van der Waals surface area (Å²) in [6.07, 6.45) is 0.738. The zero-order valence-corrected chi connectivity index (χ0v) is 12.4. The molecule has 6 heteroatoms. The second-order valence-electron chi connectivity index (χ2n) is 4.18. The van der Waals surface area contributed by atoms with Crippen molar-refractivity contribution in [2.24, 2.45) is 0 Å². The zero-order valence-electron chi connectivity index (χ0n) is 11.6. The predicted molar refractivity (Wildman–Crippen MR) is 75.8 cm³/mol. The van der Waals surface area contributed by atoms with Gasteiger partial charge in [-0.1, -0.05) is 0 Å². The van der Waals surface area contributed by atoms with Gasteiger partial charge in [-0.25, -0.2) is 8.78 Å².